The van der Waals surface area contributed by atoms with Crippen LogP contribution in [0, 0.1) is 0 Å². The molecule has 0 unspecified atom stereocenters. The summed E-state index contributed by atoms with van der Waals surface area (Å²) in [6.45, 7) is 5.42. The highest BCUT2D eigenvalue weighted by Gasteiger charge is 2.09. The molecule has 0 heterocycles. The minimum atomic E-state index is -0.855. The first-order valence-corrected chi connectivity index (χ1v) is 7.22. The maximum atomic E-state index is 11.1. The number of ether oxygens (including phenoxy) is 1. The van der Waals surface area contributed by atoms with Gasteiger partial charge in [0.1, 0.15) is 0 Å². The van der Waals surface area contributed by atoms with Crippen LogP contribution >= 0.6 is 0 Å². The van der Waals surface area contributed by atoms with Crippen molar-refractivity contribution in [2.75, 3.05) is 33.4 Å². The van der Waals surface area contributed by atoms with E-state index in [2.05, 4.69) is 11.8 Å². The fraction of sp³-hybridized carbons (Fsp3) is 0.562. The second kappa shape index (κ2) is 9.50. The first-order chi connectivity index (χ1) is 9.65. The van der Waals surface area contributed by atoms with E-state index >= 15 is 0 Å². The second-order valence-electron chi connectivity index (χ2n) is 4.98. The van der Waals surface area contributed by atoms with Gasteiger partial charge in [-0.3, -0.25) is 0 Å². The van der Waals surface area contributed by atoms with Gasteiger partial charge < -0.3 is 14.7 Å². The molecule has 0 spiro atoms. The van der Waals surface area contributed by atoms with Crippen molar-refractivity contribution in [1.82, 2.24) is 4.90 Å². The molecule has 4 nitrogen and oxygen atoms in total. The fourth-order valence-electron chi connectivity index (χ4n) is 1.94. The van der Waals surface area contributed by atoms with Gasteiger partial charge in [0.05, 0.1) is 12.2 Å². The third-order valence-electron chi connectivity index (χ3n) is 3.27. The number of likely N-dealkylation sites (N-methyl/N-ethyl adjacent to an activating group) is 1. The Bertz CT molecular complexity index is 406. The molecule has 1 aromatic rings. The van der Waals surface area contributed by atoms with Crippen molar-refractivity contribution in [1.29, 1.82) is 0 Å². The van der Waals surface area contributed by atoms with Gasteiger partial charge >= 0.3 is 5.97 Å². The van der Waals surface area contributed by atoms with Crippen molar-refractivity contribution in [3.05, 3.63) is 35.4 Å². The van der Waals surface area contributed by atoms with E-state index in [4.69, 9.17) is 9.84 Å². The molecule has 1 N–H and O–H groups in total. The quantitative estimate of drug-likeness (QED) is 0.669. The molecule has 0 saturated heterocycles. The van der Waals surface area contributed by atoms with Crippen LogP contribution in [0.5, 0.6) is 0 Å². The molecule has 4 heteroatoms. The summed E-state index contributed by atoms with van der Waals surface area (Å²) in [6.07, 6.45) is 3.01. The zero-order valence-corrected chi connectivity index (χ0v) is 12.5. The Hall–Kier alpha value is -1.39. The van der Waals surface area contributed by atoms with E-state index in [9.17, 15) is 4.79 Å². The van der Waals surface area contributed by atoms with Gasteiger partial charge in [-0.1, -0.05) is 31.5 Å². The highest BCUT2D eigenvalue weighted by atomic mass is 16.5. The first kappa shape index (κ1) is 16.7. The average molecular weight is 279 g/mol. The average Bonchev–Trinajstić information content (AvgIpc) is 2.45. The number of rotatable bonds is 10. The Morgan fingerprint density at radius 1 is 1.25 bits per heavy atom. The van der Waals surface area contributed by atoms with Crippen LogP contribution < -0.4 is 0 Å². The molecular formula is C16H25NO3. The van der Waals surface area contributed by atoms with Crippen LogP contribution in [0.25, 0.3) is 0 Å². The van der Waals surface area contributed by atoms with Crippen LogP contribution in [-0.2, 0) is 11.2 Å². The number of carboxylic acids is 1. The third-order valence-corrected chi connectivity index (χ3v) is 3.27. The van der Waals surface area contributed by atoms with Crippen molar-refractivity contribution in [3.8, 4) is 0 Å². The number of benzene rings is 1. The number of hydrogen-bond acceptors (Lipinski definition) is 3. The highest BCUT2D eigenvalue weighted by molar-refractivity contribution is 5.89. The minimum absolute atomic E-state index is 0.403. The van der Waals surface area contributed by atoms with Gasteiger partial charge in [0, 0.05) is 19.7 Å². The lowest BCUT2D eigenvalue weighted by Gasteiger charge is -2.17. The van der Waals surface area contributed by atoms with Crippen molar-refractivity contribution < 1.29 is 14.6 Å². The summed E-state index contributed by atoms with van der Waals surface area (Å²) in [7, 11) is 2.03. The summed E-state index contributed by atoms with van der Waals surface area (Å²) >= 11 is 0. The fourth-order valence-corrected chi connectivity index (χ4v) is 1.94. The lowest BCUT2D eigenvalue weighted by atomic mass is 10.0. The van der Waals surface area contributed by atoms with Crippen LogP contribution in [-0.4, -0.2) is 49.3 Å². The molecule has 0 saturated carbocycles. The third kappa shape index (κ3) is 6.17. The molecule has 1 rings (SSSR count). The van der Waals surface area contributed by atoms with Gasteiger partial charge in [-0.05, 0) is 31.5 Å². The highest BCUT2D eigenvalue weighted by Crippen LogP contribution is 2.09. The predicted molar refractivity (Wildman–Crippen MR) is 80.3 cm³/mol. The Kier molecular flexibility index (Phi) is 7.92. The van der Waals surface area contributed by atoms with Crippen LogP contribution in [0.2, 0.25) is 0 Å². The first-order valence-electron chi connectivity index (χ1n) is 7.22. The smallest absolute Gasteiger partial charge is 0.335 e. The van der Waals surface area contributed by atoms with E-state index in [0.29, 0.717) is 5.56 Å². The molecule has 20 heavy (non-hydrogen) atoms. The summed E-state index contributed by atoms with van der Waals surface area (Å²) < 4.78 is 5.52. The summed E-state index contributed by atoms with van der Waals surface area (Å²) in [5.74, 6) is -0.855. The standard InChI is InChI=1S/C16H25NO3/c1-3-4-12-20-13-11-17(2)10-9-14-7-5-6-8-15(14)16(18)19/h5-8H,3-4,9-13H2,1-2H3,(H,18,19). The number of carboxylic acid groups (broad SMARTS) is 1. The maximum absolute atomic E-state index is 11.1. The molecule has 0 aromatic heterocycles. The van der Waals surface area contributed by atoms with E-state index in [1.165, 1.54) is 0 Å². The van der Waals surface area contributed by atoms with E-state index in [1.54, 1.807) is 12.1 Å². The lowest BCUT2D eigenvalue weighted by molar-refractivity contribution is 0.0695. The van der Waals surface area contributed by atoms with E-state index < -0.39 is 5.97 Å². The summed E-state index contributed by atoms with van der Waals surface area (Å²) in [6, 6.07) is 7.19. The molecule has 0 radical (unpaired) electrons. The lowest BCUT2D eigenvalue weighted by Crippen LogP contribution is -2.26. The largest absolute Gasteiger partial charge is 0.478 e. The van der Waals surface area contributed by atoms with Gasteiger partial charge in [0.25, 0.3) is 0 Å². The molecular weight excluding hydrogens is 254 g/mol. The molecule has 0 fully saturated rings. The minimum Gasteiger partial charge on any atom is -0.478 e. The molecule has 0 bridgehead atoms. The second-order valence-corrected chi connectivity index (χ2v) is 4.98. The van der Waals surface area contributed by atoms with Crippen LogP contribution in [0.1, 0.15) is 35.7 Å². The molecule has 0 aliphatic carbocycles. The van der Waals surface area contributed by atoms with Gasteiger partial charge in [-0.2, -0.15) is 0 Å². The van der Waals surface area contributed by atoms with Crippen LogP contribution in [0.4, 0.5) is 0 Å². The van der Waals surface area contributed by atoms with Gasteiger partial charge in [0.2, 0.25) is 0 Å². The molecule has 112 valence electrons. The number of hydrogen-bond donors (Lipinski definition) is 1. The molecule has 0 aliphatic rings. The van der Waals surface area contributed by atoms with E-state index in [-0.39, 0.29) is 0 Å². The van der Waals surface area contributed by atoms with Crippen LogP contribution in [0.3, 0.4) is 0 Å². The molecule has 0 aliphatic heterocycles. The maximum Gasteiger partial charge on any atom is 0.335 e. The zero-order chi connectivity index (χ0) is 14.8. The van der Waals surface area contributed by atoms with E-state index in [0.717, 1.165) is 51.1 Å². The van der Waals surface area contributed by atoms with E-state index in [1.807, 2.05) is 19.2 Å². The number of unbranched alkanes of at least 4 members (excludes halogenated alkanes) is 1. The molecule has 1 aromatic carbocycles. The number of aromatic carboxylic acids is 1. The molecule has 0 amide bonds. The Morgan fingerprint density at radius 3 is 2.70 bits per heavy atom. The predicted octanol–water partition coefficient (Wildman–Crippen LogP) is 2.68. The van der Waals surface area contributed by atoms with Gasteiger partial charge in [0.15, 0.2) is 0 Å². The van der Waals surface area contributed by atoms with Crippen molar-refractivity contribution in [2.45, 2.75) is 26.2 Å². The number of carbonyl (C=O) groups is 1. The van der Waals surface area contributed by atoms with Crippen LogP contribution in [0.15, 0.2) is 24.3 Å². The Balaban J connectivity index is 2.30. The van der Waals surface area contributed by atoms with Crippen molar-refractivity contribution in [2.24, 2.45) is 0 Å². The summed E-state index contributed by atoms with van der Waals surface area (Å²) in [5.41, 5.74) is 1.29. The normalized spacial score (nSPS) is 10.9. The zero-order valence-electron chi connectivity index (χ0n) is 12.5. The van der Waals surface area contributed by atoms with Crippen molar-refractivity contribution >= 4 is 5.97 Å². The Morgan fingerprint density at radius 2 is 2.00 bits per heavy atom. The molecule has 0 atom stereocenters. The van der Waals surface area contributed by atoms with Crippen molar-refractivity contribution in [3.63, 3.8) is 0 Å². The topological polar surface area (TPSA) is 49.8 Å². The SMILES string of the molecule is CCCCOCCN(C)CCc1ccccc1C(=O)O. The number of nitrogens with zero attached hydrogens (tertiary/aromatic N) is 1. The van der Waals surface area contributed by atoms with Gasteiger partial charge in [-0.15, -0.1) is 0 Å². The Labute approximate surface area is 121 Å². The van der Waals surface area contributed by atoms with Gasteiger partial charge in [-0.25, -0.2) is 4.79 Å². The summed E-state index contributed by atoms with van der Waals surface area (Å²) in [5, 5.41) is 9.12. The monoisotopic (exact) mass is 279 g/mol. The summed E-state index contributed by atoms with van der Waals surface area (Å²) in [4.78, 5) is 13.3.